The highest BCUT2D eigenvalue weighted by Gasteiger charge is 2.33. The standard InChI is InChI=1S/C24H33N7O2/c1-16(2)11-20(25)23(32)31-14-19-21(15-31)27-24(28-22(19)30-7-9-33-10-8-30)29-26-13-18-6-4-5-17(3)12-18/h4-6,12-13,16,20H,7-11,14-15,25H2,1-3H3,(H,27,28,29)/b26-13+. The van der Waals surface area contributed by atoms with Gasteiger partial charge in [0.05, 0.1) is 44.3 Å². The maximum Gasteiger partial charge on any atom is 0.245 e. The van der Waals surface area contributed by atoms with Crippen molar-refractivity contribution in [3.05, 3.63) is 46.6 Å². The topological polar surface area (TPSA) is 109 Å². The van der Waals surface area contributed by atoms with Crippen molar-refractivity contribution in [1.82, 2.24) is 14.9 Å². The smallest absolute Gasteiger partial charge is 0.245 e. The molecule has 1 saturated heterocycles. The summed E-state index contributed by atoms with van der Waals surface area (Å²) in [6.45, 7) is 9.88. The van der Waals surface area contributed by atoms with Crippen molar-refractivity contribution in [2.75, 3.05) is 36.6 Å². The van der Waals surface area contributed by atoms with Gasteiger partial charge < -0.3 is 20.3 Å². The van der Waals surface area contributed by atoms with Crippen LogP contribution in [0, 0.1) is 12.8 Å². The van der Waals surface area contributed by atoms with E-state index >= 15 is 0 Å². The van der Waals surface area contributed by atoms with Gasteiger partial charge in [-0.15, -0.1) is 0 Å². The van der Waals surface area contributed by atoms with Gasteiger partial charge in [0.15, 0.2) is 0 Å². The highest BCUT2D eigenvalue weighted by atomic mass is 16.5. The molecule has 2 aliphatic rings. The lowest BCUT2D eigenvalue weighted by Gasteiger charge is -2.29. The average Bonchev–Trinajstić information content (AvgIpc) is 3.22. The molecule has 4 rings (SSSR count). The lowest BCUT2D eigenvalue weighted by atomic mass is 10.0. The van der Waals surface area contributed by atoms with Crippen LogP contribution in [0.4, 0.5) is 11.8 Å². The number of ether oxygens (including phenoxy) is 1. The first-order valence-corrected chi connectivity index (χ1v) is 11.5. The van der Waals surface area contributed by atoms with Crippen LogP contribution in [-0.4, -0.2) is 59.3 Å². The zero-order chi connectivity index (χ0) is 23.4. The second-order valence-corrected chi connectivity index (χ2v) is 9.11. The second-order valence-electron chi connectivity index (χ2n) is 9.11. The van der Waals surface area contributed by atoms with Crippen LogP contribution in [0.2, 0.25) is 0 Å². The Kier molecular flexibility index (Phi) is 7.20. The summed E-state index contributed by atoms with van der Waals surface area (Å²) in [4.78, 5) is 26.4. The number of morpholine rings is 1. The largest absolute Gasteiger partial charge is 0.378 e. The van der Waals surface area contributed by atoms with E-state index in [1.807, 2.05) is 25.1 Å². The van der Waals surface area contributed by atoms with E-state index in [-0.39, 0.29) is 5.91 Å². The van der Waals surface area contributed by atoms with E-state index in [1.54, 1.807) is 11.1 Å². The third-order valence-corrected chi connectivity index (χ3v) is 5.85. The van der Waals surface area contributed by atoms with Crippen LogP contribution >= 0.6 is 0 Å². The highest BCUT2D eigenvalue weighted by molar-refractivity contribution is 5.82. The molecule has 0 spiro atoms. The van der Waals surface area contributed by atoms with Crippen LogP contribution in [0.15, 0.2) is 29.4 Å². The van der Waals surface area contributed by atoms with E-state index in [9.17, 15) is 4.79 Å². The summed E-state index contributed by atoms with van der Waals surface area (Å²) in [5.41, 5.74) is 13.1. The number of hydrazone groups is 1. The number of aromatic nitrogens is 2. The Bertz CT molecular complexity index is 1020. The van der Waals surface area contributed by atoms with Gasteiger partial charge in [-0.25, -0.2) is 10.4 Å². The number of nitrogens with one attached hydrogen (secondary N) is 1. The quantitative estimate of drug-likeness (QED) is 0.491. The maximum atomic E-state index is 13.0. The van der Waals surface area contributed by atoms with Gasteiger partial charge in [-0.2, -0.15) is 10.1 Å². The number of rotatable bonds is 7. The minimum absolute atomic E-state index is 0.0402. The molecule has 9 nitrogen and oxygen atoms in total. The minimum Gasteiger partial charge on any atom is -0.378 e. The minimum atomic E-state index is -0.504. The second kappa shape index (κ2) is 10.3. The Morgan fingerprint density at radius 2 is 2.06 bits per heavy atom. The monoisotopic (exact) mass is 451 g/mol. The number of aryl methyl sites for hydroxylation is 1. The van der Waals surface area contributed by atoms with Crippen molar-refractivity contribution in [2.45, 2.75) is 46.3 Å². The molecule has 1 aromatic carbocycles. The number of fused-ring (bicyclic) bond motifs is 1. The summed E-state index contributed by atoms with van der Waals surface area (Å²) >= 11 is 0. The average molecular weight is 452 g/mol. The van der Waals surface area contributed by atoms with E-state index in [1.165, 1.54) is 5.56 Å². The number of hydrogen-bond acceptors (Lipinski definition) is 8. The molecule has 1 fully saturated rings. The number of benzene rings is 1. The van der Waals surface area contributed by atoms with Gasteiger partial charge in [0.2, 0.25) is 11.9 Å². The zero-order valence-corrected chi connectivity index (χ0v) is 19.6. The van der Waals surface area contributed by atoms with E-state index in [4.69, 9.17) is 15.5 Å². The zero-order valence-electron chi connectivity index (χ0n) is 19.6. The fourth-order valence-corrected chi connectivity index (χ4v) is 4.24. The third kappa shape index (κ3) is 5.66. The van der Waals surface area contributed by atoms with Gasteiger partial charge in [-0.05, 0) is 24.8 Å². The first kappa shape index (κ1) is 23.1. The Labute approximate surface area is 195 Å². The summed E-state index contributed by atoms with van der Waals surface area (Å²) in [7, 11) is 0. The van der Waals surface area contributed by atoms with Gasteiger partial charge in [0.25, 0.3) is 0 Å². The molecular formula is C24H33N7O2. The molecule has 0 bridgehead atoms. The van der Waals surface area contributed by atoms with Crippen molar-refractivity contribution in [2.24, 2.45) is 16.8 Å². The molecule has 3 heterocycles. The molecule has 2 aromatic rings. The van der Waals surface area contributed by atoms with Crippen LogP contribution in [0.5, 0.6) is 0 Å². The van der Waals surface area contributed by atoms with E-state index in [0.717, 1.165) is 35.7 Å². The molecular weight excluding hydrogens is 418 g/mol. The molecule has 0 radical (unpaired) electrons. The first-order valence-electron chi connectivity index (χ1n) is 11.5. The lowest BCUT2D eigenvalue weighted by Crippen LogP contribution is -2.42. The lowest BCUT2D eigenvalue weighted by molar-refractivity contribution is -0.133. The molecule has 1 unspecified atom stereocenters. The van der Waals surface area contributed by atoms with Crippen LogP contribution in [0.3, 0.4) is 0 Å². The third-order valence-electron chi connectivity index (χ3n) is 5.85. The molecule has 2 aliphatic heterocycles. The molecule has 9 heteroatoms. The van der Waals surface area contributed by atoms with Crippen molar-refractivity contribution in [3.63, 3.8) is 0 Å². The summed E-state index contributed by atoms with van der Waals surface area (Å²) in [6.07, 6.45) is 2.41. The number of anilines is 2. The predicted molar refractivity (Wildman–Crippen MR) is 129 cm³/mol. The Morgan fingerprint density at radius 1 is 1.27 bits per heavy atom. The van der Waals surface area contributed by atoms with Crippen LogP contribution in [0.25, 0.3) is 0 Å². The summed E-state index contributed by atoms with van der Waals surface area (Å²) in [5.74, 6) is 1.57. The van der Waals surface area contributed by atoms with E-state index in [0.29, 0.717) is 44.6 Å². The molecule has 1 atom stereocenters. The number of carbonyl (C=O) groups is 1. The molecule has 1 aromatic heterocycles. The number of nitrogens with two attached hydrogens (primary N) is 1. The Morgan fingerprint density at radius 3 is 2.79 bits per heavy atom. The van der Waals surface area contributed by atoms with Crippen molar-refractivity contribution < 1.29 is 9.53 Å². The highest BCUT2D eigenvalue weighted by Crippen LogP contribution is 2.31. The molecule has 1 amide bonds. The van der Waals surface area contributed by atoms with Crippen molar-refractivity contribution >= 4 is 23.9 Å². The molecule has 176 valence electrons. The Hall–Kier alpha value is -3.04. The van der Waals surface area contributed by atoms with Gasteiger partial charge >= 0.3 is 0 Å². The SMILES string of the molecule is Cc1cccc(/C=N/Nc2nc3c(c(N4CCOCC4)n2)CN(C(=O)C(N)CC(C)C)C3)c1. The van der Waals surface area contributed by atoms with Gasteiger partial charge in [0, 0.05) is 18.7 Å². The number of amides is 1. The Balaban J connectivity index is 1.56. The molecule has 0 aliphatic carbocycles. The van der Waals surface area contributed by atoms with Gasteiger partial charge in [-0.3, -0.25) is 4.79 Å². The van der Waals surface area contributed by atoms with Crippen LogP contribution in [-0.2, 0) is 22.6 Å². The van der Waals surface area contributed by atoms with Crippen LogP contribution < -0.4 is 16.1 Å². The molecule has 0 saturated carbocycles. The fraction of sp³-hybridized carbons (Fsp3) is 0.500. The number of nitrogens with zero attached hydrogens (tertiary/aromatic N) is 5. The summed E-state index contributed by atoms with van der Waals surface area (Å²) < 4.78 is 5.52. The summed E-state index contributed by atoms with van der Waals surface area (Å²) in [5, 5.41) is 4.34. The fourth-order valence-electron chi connectivity index (χ4n) is 4.24. The van der Waals surface area contributed by atoms with Crippen LogP contribution in [0.1, 0.15) is 42.7 Å². The number of hydrogen-bond donors (Lipinski definition) is 2. The van der Waals surface area contributed by atoms with Crippen molar-refractivity contribution in [1.29, 1.82) is 0 Å². The number of carbonyl (C=O) groups excluding carboxylic acids is 1. The van der Waals surface area contributed by atoms with E-state index in [2.05, 4.69) is 40.3 Å². The van der Waals surface area contributed by atoms with E-state index < -0.39 is 6.04 Å². The van der Waals surface area contributed by atoms with Gasteiger partial charge in [0.1, 0.15) is 5.82 Å². The molecule has 3 N–H and O–H groups in total. The molecule has 33 heavy (non-hydrogen) atoms. The maximum absolute atomic E-state index is 13.0. The summed E-state index contributed by atoms with van der Waals surface area (Å²) in [6, 6.07) is 7.58. The van der Waals surface area contributed by atoms with Gasteiger partial charge in [-0.1, -0.05) is 43.7 Å². The van der Waals surface area contributed by atoms with Crippen molar-refractivity contribution in [3.8, 4) is 0 Å². The predicted octanol–water partition coefficient (Wildman–Crippen LogP) is 2.28. The first-order chi connectivity index (χ1) is 15.9. The normalized spacial score (nSPS) is 17.0.